The first-order valence-corrected chi connectivity index (χ1v) is 5.49. The second-order valence-electron chi connectivity index (χ2n) is 3.30. The van der Waals surface area contributed by atoms with Crippen molar-refractivity contribution in [1.29, 1.82) is 0 Å². The van der Waals surface area contributed by atoms with Crippen LogP contribution >= 0.6 is 11.3 Å². The van der Waals surface area contributed by atoms with Gasteiger partial charge in [-0.1, -0.05) is 0 Å². The zero-order chi connectivity index (χ0) is 11.7. The van der Waals surface area contributed by atoms with E-state index in [-0.39, 0.29) is 5.96 Å². The van der Waals surface area contributed by atoms with Gasteiger partial charge in [-0.3, -0.25) is 0 Å². The molecular weight excluding hydrogens is 224 g/mol. The van der Waals surface area contributed by atoms with Crippen molar-refractivity contribution in [3.05, 3.63) is 17.4 Å². The fourth-order valence-electron chi connectivity index (χ4n) is 1.28. The Morgan fingerprint density at radius 2 is 2.25 bits per heavy atom. The maximum absolute atomic E-state index is 5.28. The molecule has 0 radical (unpaired) electrons. The van der Waals surface area contributed by atoms with E-state index in [1.165, 1.54) is 11.3 Å². The third-order valence-corrected chi connectivity index (χ3v) is 2.93. The minimum atomic E-state index is 0.0158. The Labute approximate surface area is 96.7 Å². The van der Waals surface area contributed by atoms with Gasteiger partial charge in [-0.2, -0.15) is 4.99 Å². The third kappa shape index (κ3) is 1.89. The lowest BCUT2D eigenvalue weighted by atomic mass is 10.4. The molecule has 84 valence electrons. The lowest BCUT2D eigenvalue weighted by Gasteiger charge is -1.98. The molecule has 2 aromatic heterocycles. The van der Waals surface area contributed by atoms with Gasteiger partial charge in [0.2, 0.25) is 5.13 Å². The standard InChI is InChI=1S/C9H12N6S/c1-5-12-3-7(15(5)2)6-4-16-9(13-6)14-8(10)11/h3-4H,1-2H3,(H4,10,11,13,14). The van der Waals surface area contributed by atoms with Crippen molar-refractivity contribution in [2.45, 2.75) is 6.92 Å². The van der Waals surface area contributed by atoms with Crippen LogP contribution in [0.1, 0.15) is 5.82 Å². The lowest BCUT2D eigenvalue weighted by Crippen LogP contribution is -2.21. The van der Waals surface area contributed by atoms with Gasteiger partial charge >= 0.3 is 0 Å². The summed E-state index contributed by atoms with van der Waals surface area (Å²) in [5.74, 6) is 0.952. The van der Waals surface area contributed by atoms with Gasteiger partial charge in [-0.25, -0.2) is 9.97 Å². The van der Waals surface area contributed by atoms with Crippen LogP contribution in [0.5, 0.6) is 0 Å². The summed E-state index contributed by atoms with van der Waals surface area (Å²) in [6, 6.07) is 0. The van der Waals surface area contributed by atoms with Crippen molar-refractivity contribution in [3.8, 4) is 11.4 Å². The number of aliphatic imine (C=N–C) groups is 1. The van der Waals surface area contributed by atoms with Crippen molar-refractivity contribution < 1.29 is 0 Å². The Morgan fingerprint density at radius 3 is 2.81 bits per heavy atom. The molecule has 0 aliphatic rings. The molecule has 0 amide bonds. The van der Waals surface area contributed by atoms with Gasteiger partial charge in [0, 0.05) is 12.4 Å². The van der Waals surface area contributed by atoms with Gasteiger partial charge in [0.05, 0.1) is 11.9 Å². The Kier molecular flexibility index (Phi) is 2.61. The predicted molar refractivity (Wildman–Crippen MR) is 64.5 cm³/mol. The number of nitrogens with two attached hydrogens (primary N) is 2. The van der Waals surface area contributed by atoms with Gasteiger partial charge in [0.1, 0.15) is 11.5 Å². The van der Waals surface area contributed by atoms with E-state index in [9.17, 15) is 0 Å². The SMILES string of the molecule is Cc1ncc(-c2csc(N=C(N)N)n2)n1C. The number of rotatable bonds is 2. The molecule has 2 heterocycles. The van der Waals surface area contributed by atoms with E-state index >= 15 is 0 Å². The Hall–Kier alpha value is -1.89. The monoisotopic (exact) mass is 236 g/mol. The van der Waals surface area contributed by atoms with E-state index in [1.807, 2.05) is 23.9 Å². The minimum Gasteiger partial charge on any atom is -0.370 e. The van der Waals surface area contributed by atoms with Crippen LogP contribution in [0.2, 0.25) is 0 Å². The number of hydrogen-bond donors (Lipinski definition) is 2. The molecule has 2 rings (SSSR count). The molecule has 0 spiro atoms. The molecule has 0 saturated carbocycles. The molecule has 16 heavy (non-hydrogen) atoms. The normalized spacial score (nSPS) is 10.4. The molecule has 0 aliphatic carbocycles. The number of guanidine groups is 1. The van der Waals surface area contributed by atoms with Crippen molar-refractivity contribution in [2.75, 3.05) is 0 Å². The van der Waals surface area contributed by atoms with Crippen LogP contribution in [0.25, 0.3) is 11.4 Å². The van der Waals surface area contributed by atoms with Crippen LogP contribution in [0.4, 0.5) is 5.13 Å². The van der Waals surface area contributed by atoms with Crippen LogP contribution in [0, 0.1) is 6.92 Å². The number of hydrogen-bond acceptors (Lipinski definition) is 4. The lowest BCUT2D eigenvalue weighted by molar-refractivity contribution is 0.862. The Balaban J connectivity index is 2.39. The molecule has 0 aromatic carbocycles. The zero-order valence-electron chi connectivity index (χ0n) is 9.01. The van der Waals surface area contributed by atoms with E-state index in [4.69, 9.17) is 11.5 Å². The molecule has 0 fully saturated rings. The summed E-state index contributed by atoms with van der Waals surface area (Å²) in [6.07, 6.45) is 1.78. The fourth-order valence-corrected chi connectivity index (χ4v) is 1.98. The molecule has 0 bridgehead atoms. The zero-order valence-corrected chi connectivity index (χ0v) is 9.82. The second-order valence-corrected chi connectivity index (χ2v) is 4.14. The maximum Gasteiger partial charge on any atom is 0.212 e. The number of imidazole rings is 1. The first kappa shape index (κ1) is 10.6. The molecule has 0 unspecified atom stereocenters. The summed E-state index contributed by atoms with van der Waals surface area (Å²) >= 11 is 1.39. The van der Waals surface area contributed by atoms with E-state index < -0.39 is 0 Å². The number of nitrogens with zero attached hydrogens (tertiary/aromatic N) is 4. The van der Waals surface area contributed by atoms with Crippen LogP contribution in [-0.2, 0) is 7.05 Å². The highest BCUT2D eigenvalue weighted by molar-refractivity contribution is 7.13. The van der Waals surface area contributed by atoms with Crippen molar-refractivity contribution in [3.63, 3.8) is 0 Å². The van der Waals surface area contributed by atoms with Crippen LogP contribution in [0.3, 0.4) is 0 Å². The second kappa shape index (κ2) is 3.93. The number of aryl methyl sites for hydroxylation is 1. The Morgan fingerprint density at radius 1 is 1.50 bits per heavy atom. The molecule has 7 heteroatoms. The van der Waals surface area contributed by atoms with Crippen molar-refractivity contribution in [2.24, 2.45) is 23.5 Å². The van der Waals surface area contributed by atoms with E-state index in [2.05, 4.69) is 15.0 Å². The van der Waals surface area contributed by atoms with E-state index in [1.54, 1.807) is 6.20 Å². The fraction of sp³-hybridized carbons (Fsp3) is 0.222. The van der Waals surface area contributed by atoms with E-state index in [0.29, 0.717) is 5.13 Å². The number of thiazole rings is 1. The van der Waals surface area contributed by atoms with Crippen molar-refractivity contribution in [1.82, 2.24) is 14.5 Å². The molecular formula is C9H12N6S. The molecule has 0 aliphatic heterocycles. The summed E-state index contributed by atoms with van der Waals surface area (Å²) in [7, 11) is 1.94. The van der Waals surface area contributed by atoms with Crippen LogP contribution < -0.4 is 11.5 Å². The number of aromatic nitrogens is 3. The molecule has 0 atom stereocenters. The van der Waals surface area contributed by atoms with Crippen LogP contribution in [-0.4, -0.2) is 20.5 Å². The van der Waals surface area contributed by atoms with Gasteiger partial charge in [-0.15, -0.1) is 11.3 Å². The average molecular weight is 236 g/mol. The van der Waals surface area contributed by atoms with E-state index in [0.717, 1.165) is 17.2 Å². The third-order valence-electron chi connectivity index (χ3n) is 2.20. The smallest absolute Gasteiger partial charge is 0.212 e. The summed E-state index contributed by atoms with van der Waals surface area (Å²) in [4.78, 5) is 12.4. The molecule has 0 saturated heterocycles. The quantitative estimate of drug-likeness (QED) is 0.594. The summed E-state index contributed by atoms with van der Waals surface area (Å²) in [5, 5.41) is 2.45. The first-order chi connectivity index (χ1) is 7.58. The average Bonchev–Trinajstić information content (AvgIpc) is 2.75. The topological polar surface area (TPSA) is 95.1 Å². The summed E-state index contributed by atoms with van der Waals surface area (Å²) in [5.41, 5.74) is 12.3. The van der Waals surface area contributed by atoms with Crippen molar-refractivity contribution >= 4 is 22.4 Å². The molecule has 2 aromatic rings. The summed E-state index contributed by atoms with van der Waals surface area (Å²) < 4.78 is 1.97. The highest BCUT2D eigenvalue weighted by Crippen LogP contribution is 2.26. The highest BCUT2D eigenvalue weighted by Gasteiger charge is 2.09. The largest absolute Gasteiger partial charge is 0.370 e. The van der Waals surface area contributed by atoms with Gasteiger partial charge in [0.15, 0.2) is 5.96 Å². The van der Waals surface area contributed by atoms with Crippen LogP contribution in [0.15, 0.2) is 16.6 Å². The first-order valence-electron chi connectivity index (χ1n) is 4.62. The highest BCUT2D eigenvalue weighted by atomic mass is 32.1. The molecule has 6 nitrogen and oxygen atoms in total. The minimum absolute atomic E-state index is 0.0158. The maximum atomic E-state index is 5.28. The summed E-state index contributed by atoms with van der Waals surface area (Å²) in [6.45, 7) is 1.94. The van der Waals surface area contributed by atoms with Gasteiger partial charge in [-0.05, 0) is 6.92 Å². The van der Waals surface area contributed by atoms with Gasteiger partial charge < -0.3 is 16.0 Å². The molecule has 4 N–H and O–H groups in total. The van der Waals surface area contributed by atoms with Gasteiger partial charge in [0.25, 0.3) is 0 Å². The Bertz CT molecular complexity index is 534. The predicted octanol–water partition coefficient (Wildman–Crippen LogP) is 0.757.